The van der Waals surface area contributed by atoms with E-state index in [-0.39, 0.29) is 0 Å². The summed E-state index contributed by atoms with van der Waals surface area (Å²) in [5.41, 5.74) is -0.562. The molecule has 0 unspecified atom stereocenters. The minimum Gasteiger partial charge on any atom is -0.443 e. The minimum absolute atomic E-state index is 0.433. The van der Waals surface area contributed by atoms with Gasteiger partial charge in [0.25, 0.3) is 0 Å². The van der Waals surface area contributed by atoms with Crippen LogP contribution < -0.4 is 0 Å². The molecule has 114 valence electrons. The molecule has 0 saturated carbocycles. The van der Waals surface area contributed by atoms with Crippen molar-refractivity contribution in [1.82, 2.24) is 4.90 Å². The van der Waals surface area contributed by atoms with Crippen molar-refractivity contribution in [2.75, 3.05) is 6.54 Å². The summed E-state index contributed by atoms with van der Waals surface area (Å²) in [6.07, 6.45) is 3.12. The standard InChI is InChI=1S/C16H21NO3S/c1-16(2,3)20-15(18)17-12-8-7-11-14(17)21(19)13-9-5-4-6-10-13/h4-6,9-11H,7-8,12H2,1-3H3/t21-/m1/s1. The molecule has 0 fully saturated rings. The topological polar surface area (TPSA) is 46.6 Å². The quantitative estimate of drug-likeness (QED) is 0.837. The van der Waals surface area contributed by atoms with E-state index >= 15 is 0 Å². The Labute approximate surface area is 128 Å². The maximum atomic E-state index is 12.7. The highest BCUT2D eigenvalue weighted by Crippen LogP contribution is 2.25. The van der Waals surface area contributed by atoms with Gasteiger partial charge in [0, 0.05) is 11.4 Å². The van der Waals surface area contributed by atoms with Crippen LogP contribution in [0.2, 0.25) is 0 Å². The van der Waals surface area contributed by atoms with Gasteiger partial charge in [0.1, 0.15) is 21.4 Å². The van der Waals surface area contributed by atoms with Gasteiger partial charge in [-0.15, -0.1) is 0 Å². The Morgan fingerprint density at radius 2 is 1.90 bits per heavy atom. The summed E-state index contributed by atoms with van der Waals surface area (Å²) in [6, 6.07) is 9.17. The Bertz CT molecular complexity index is 561. The zero-order valence-electron chi connectivity index (χ0n) is 12.7. The third-order valence-corrected chi connectivity index (χ3v) is 4.40. The van der Waals surface area contributed by atoms with Crippen LogP contribution in [0.25, 0.3) is 0 Å². The van der Waals surface area contributed by atoms with Gasteiger partial charge >= 0.3 is 6.09 Å². The molecule has 1 atom stereocenters. The molecule has 0 aliphatic carbocycles. The van der Waals surface area contributed by atoms with Gasteiger partial charge < -0.3 is 4.74 Å². The first kappa shape index (κ1) is 15.8. The van der Waals surface area contributed by atoms with Crippen LogP contribution in [-0.2, 0) is 15.5 Å². The monoisotopic (exact) mass is 307 g/mol. The number of carbonyl (C=O) groups excluding carboxylic acids is 1. The summed E-state index contributed by atoms with van der Waals surface area (Å²) >= 11 is 0. The minimum atomic E-state index is -1.36. The summed E-state index contributed by atoms with van der Waals surface area (Å²) in [6.45, 7) is 6.02. The molecular weight excluding hydrogens is 286 g/mol. The molecular formula is C16H21NO3S. The van der Waals surface area contributed by atoms with Gasteiger partial charge in [-0.1, -0.05) is 24.3 Å². The van der Waals surface area contributed by atoms with Crippen molar-refractivity contribution in [2.24, 2.45) is 0 Å². The summed E-state index contributed by atoms with van der Waals surface area (Å²) in [4.78, 5) is 14.5. The molecule has 1 aromatic rings. The predicted molar refractivity (Wildman–Crippen MR) is 83.1 cm³/mol. The molecule has 0 spiro atoms. The second-order valence-electron chi connectivity index (χ2n) is 5.90. The average Bonchev–Trinajstić information content (AvgIpc) is 2.45. The molecule has 0 aromatic heterocycles. The number of ether oxygens (including phenoxy) is 1. The van der Waals surface area contributed by atoms with E-state index in [9.17, 15) is 9.00 Å². The highest BCUT2D eigenvalue weighted by Gasteiger charge is 2.29. The van der Waals surface area contributed by atoms with Crippen molar-refractivity contribution in [2.45, 2.75) is 44.1 Å². The number of carbonyl (C=O) groups is 1. The number of amides is 1. The Morgan fingerprint density at radius 3 is 2.52 bits per heavy atom. The second-order valence-corrected chi connectivity index (χ2v) is 7.33. The van der Waals surface area contributed by atoms with Crippen molar-refractivity contribution in [3.05, 3.63) is 41.4 Å². The van der Waals surface area contributed by atoms with E-state index in [1.165, 1.54) is 4.90 Å². The summed E-state index contributed by atoms with van der Waals surface area (Å²) in [5.74, 6) is 0. The first-order valence-corrected chi connectivity index (χ1v) is 8.21. The van der Waals surface area contributed by atoms with Gasteiger partial charge in [-0.25, -0.2) is 9.00 Å². The van der Waals surface area contributed by atoms with Crippen molar-refractivity contribution < 1.29 is 13.7 Å². The number of hydrogen-bond donors (Lipinski definition) is 0. The fourth-order valence-electron chi connectivity index (χ4n) is 2.03. The fraction of sp³-hybridized carbons (Fsp3) is 0.438. The van der Waals surface area contributed by atoms with E-state index in [0.29, 0.717) is 16.5 Å². The molecule has 1 aromatic carbocycles. The molecule has 0 bridgehead atoms. The van der Waals surface area contributed by atoms with E-state index in [1.807, 2.05) is 45.0 Å². The zero-order chi connectivity index (χ0) is 15.5. The maximum absolute atomic E-state index is 12.7. The van der Waals surface area contributed by atoms with E-state index in [1.54, 1.807) is 12.1 Å². The first-order chi connectivity index (χ1) is 9.88. The van der Waals surface area contributed by atoms with Gasteiger partial charge in [-0.05, 0) is 45.7 Å². The molecule has 0 radical (unpaired) electrons. The van der Waals surface area contributed by atoms with Crippen LogP contribution >= 0.6 is 0 Å². The third kappa shape index (κ3) is 4.17. The van der Waals surface area contributed by atoms with Crippen molar-refractivity contribution in [3.8, 4) is 0 Å². The maximum Gasteiger partial charge on any atom is 0.415 e. The smallest absolute Gasteiger partial charge is 0.415 e. The van der Waals surface area contributed by atoms with E-state index in [4.69, 9.17) is 4.74 Å². The third-order valence-electron chi connectivity index (χ3n) is 2.93. The normalized spacial score (nSPS) is 17.1. The lowest BCUT2D eigenvalue weighted by Gasteiger charge is -2.30. The molecule has 2 rings (SSSR count). The van der Waals surface area contributed by atoms with Crippen LogP contribution in [0.3, 0.4) is 0 Å². The van der Waals surface area contributed by atoms with Crippen LogP contribution in [0.1, 0.15) is 33.6 Å². The van der Waals surface area contributed by atoms with Crippen LogP contribution in [0.15, 0.2) is 46.3 Å². The van der Waals surface area contributed by atoms with E-state index in [2.05, 4.69) is 0 Å². The zero-order valence-corrected chi connectivity index (χ0v) is 13.5. The molecule has 1 amide bonds. The molecule has 5 heteroatoms. The molecule has 1 heterocycles. The summed E-state index contributed by atoms with van der Waals surface area (Å²) in [5, 5.41) is 0.529. The highest BCUT2D eigenvalue weighted by atomic mass is 32.2. The molecule has 1 aliphatic heterocycles. The van der Waals surface area contributed by atoms with E-state index in [0.717, 1.165) is 12.8 Å². The molecule has 1 aliphatic rings. The Morgan fingerprint density at radius 1 is 1.24 bits per heavy atom. The van der Waals surface area contributed by atoms with Crippen LogP contribution in [0.4, 0.5) is 4.79 Å². The Kier molecular flexibility index (Phi) is 4.83. The lowest BCUT2D eigenvalue weighted by atomic mass is 10.2. The molecule has 4 nitrogen and oxygen atoms in total. The first-order valence-electron chi connectivity index (χ1n) is 7.06. The molecule has 0 saturated heterocycles. The number of rotatable bonds is 2. The van der Waals surface area contributed by atoms with Gasteiger partial charge in [-0.2, -0.15) is 0 Å². The van der Waals surface area contributed by atoms with Crippen molar-refractivity contribution >= 4 is 16.9 Å². The number of hydrogen-bond acceptors (Lipinski definition) is 3. The summed E-state index contributed by atoms with van der Waals surface area (Å²) < 4.78 is 18.1. The summed E-state index contributed by atoms with van der Waals surface area (Å²) in [7, 11) is -1.36. The van der Waals surface area contributed by atoms with Gasteiger partial charge in [0.05, 0.1) is 0 Å². The number of allylic oxidation sites excluding steroid dienone is 1. The Balaban J connectivity index is 2.22. The second kappa shape index (κ2) is 6.43. The lowest BCUT2D eigenvalue weighted by Crippen LogP contribution is -2.39. The number of nitrogens with zero attached hydrogens (tertiary/aromatic N) is 1. The van der Waals surface area contributed by atoms with Crippen LogP contribution in [0, 0.1) is 0 Å². The van der Waals surface area contributed by atoms with Gasteiger partial charge in [-0.3, -0.25) is 4.90 Å². The molecule has 0 N–H and O–H groups in total. The van der Waals surface area contributed by atoms with Gasteiger partial charge in [0.15, 0.2) is 0 Å². The van der Waals surface area contributed by atoms with Gasteiger partial charge in [0.2, 0.25) is 0 Å². The van der Waals surface area contributed by atoms with Crippen molar-refractivity contribution in [3.63, 3.8) is 0 Å². The fourth-order valence-corrected chi connectivity index (χ4v) is 3.32. The average molecular weight is 307 g/mol. The predicted octanol–water partition coefficient (Wildman–Crippen LogP) is 3.67. The molecule has 21 heavy (non-hydrogen) atoms. The number of benzene rings is 1. The lowest BCUT2D eigenvalue weighted by molar-refractivity contribution is 0.0318. The van der Waals surface area contributed by atoms with Crippen LogP contribution in [-0.4, -0.2) is 27.3 Å². The largest absolute Gasteiger partial charge is 0.443 e. The Hall–Kier alpha value is -1.62. The highest BCUT2D eigenvalue weighted by molar-refractivity contribution is 7.89. The van der Waals surface area contributed by atoms with E-state index < -0.39 is 22.5 Å². The SMILES string of the molecule is CC(C)(C)OC(=O)N1CCCC=C1[S@](=O)c1ccccc1. The van der Waals surface area contributed by atoms with Crippen LogP contribution in [0.5, 0.6) is 0 Å². The van der Waals surface area contributed by atoms with Crippen molar-refractivity contribution in [1.29, 1.82) is 0 Å².